The number of aromatic amines is 1. The van der Waals surface area contributed by atoms with Crippen molar-refractivity contribution in [1.82, 2.24) is 19.6 Å². The number of H-pyrrole nitrogens is 1. The van der Waals surface area contributed by atoms with Gasteiger partial charge in [0.05, 0.1) is 30.7 Å². The lowest BCUT2D eigenvalue weighted by Gasteiger charge is -2.22. The summed E-state index contributed by atoms with van der Waals surface area (Å²) in [4.78, 5) is 7.92. The summed E-state index contributed by atoms with van der Waals surface area (Å²) in [5, 5.41) is 11.4. The molecule has 0 amide bonds. The molecule has 1 fully saturated rings. The molecule has 4 rings (SSSR count). The predicted octanol–water partition coefficient (Wildman–Crippen LogP) is 0.348. The Morgan fingerprint density at radius 1 is 1.42 bits per heavy atom. The molecule has 0 bridgehead atoms. The summed E-state index contributed by atoms with van der Waals surface area (Å²) in [6, 6.07) is 4.49. The lowest BCUT2D eigenvalue weighted by Crippen LogP contribution is -2.88. The summed E-state index contributed by atoms with van der Waals surface area (Å²) in [5.41, 5.74) is 1.87. The van der Waals surface area contributed by atoms with Gasteiger partial charge in [0.2, 0.25) is 0 Å². The molecule has 0 aliphatic carbocycles. The van der Waals surface area contributed by atoms with Crippen molar-refractivity contribution in [2.75, 3.05) is 18.4 Å². The van der Waals surface area contributed by atoms with Crippen LogP contribution < -0.4 is 10.6 Å². The first-order valence-electron chi connectivity index (χ1n) is 6.81. The minimum Gasteiger partial charge on any atom is -0.361 e. The second kappa shape index (κ2) is 4.24. The van der Waals surface area contributed by atoms with Gasteiger partial charge in [0.15, 0.2) is 5.65 Å². The monoisotopic (exact) mass is 257 g/mol. The normalized spacial score (nSPS) is 20.1. The van der Waals surface area contributed by atoms with E-state index in [1.165, 1.54) is 19.4 Å². The number of nitrogens with one attached hydrogen (secondary N) is 2. The van der Waals surface area contributed by atoms with Crippen LogP contribution in [0, 0.1) is 0 Å². The molecule has 4 heterocycles. The Kier molecular flexibility index (Phi) is 2.41. The molecule has 6 heteroatoms. The van der Waals surface area contributed by atoms with Crippen LogP contribution in [0.15, 0.2) is 24.5 Å². The van der Waals surface area contributed by atoms with Gasteiger partial charge in [0, 0.05) is 12.3 Å². The molecule has 4 N–H and O–H groups in total. The second-order valence-electron chi connectivity index (χ2n) is 5.10. The minimum atomic E-state index is 0.504. The number of piperidine rings is 1. The molecule has 1 saturated heterocycles. The lowest BCUT2D eigenvalue weighted by molar-refractivity contribution is -0.663. The van der Waals surface area contributed by atoms with Crippen molar-refractivity contribution >= 4 is 22.5 Å². The van der Waals surface area contributed by atoms with Gasteiger partial charge in [-0.05, 0) is 18.9 Å². The van der Waals surface area contributed by atoms with Crippen molar-refractivity contribution in [1.29, 1.82) is 0 Å². The maximum Gasteiger partial charge on any atom is 0.159 e. The number of hydrogen-bond donors (Lipinski definition) is 3. The van der Waals surface area contributed by atoms with E-state index >= 15 is 0 Å². The summed E-state index contributed by atoms with van der Waals surface area (Å²) in [6.07, 6.45) is 6.20. The number of aromatic nitrogens is 4. The minimum absolute atomic E-state index is 0.504. The van der Waals surface area contributed by atoms with Gasteiger partial charge < -0.3 is 15.6 Å². The molecule has 3 aromatic heterocycles. The van der Waals surface area contributed by atoms with Gasteiger partial charge in [0.25, 0.3) is 0 Å². The van der Waals surface area contributed by atoms with Crippen LogP contribution in [0.2, 0.25) is 0 Å². The first kappa shape index (κ1) is 10.8. The highest BCUT2D eigenvalue weighted by Crippen LogP contribution is 2.22. The number of rotatable bonds is 2. The van der Waals surface area contributed by atoms with Crippen molar-refractivity contribution in [2.24, 2.45) is 0 Å². The Balaban J connectivity index is 1.79. The van der Waals surface area contributed by atoms with Gasteiger partial charge in [-0.1, -0.05) is 0 Å². The van der Waals surface area contributed by atoms with E-state index in [4.69, 9.17) is 0 Å². The summed E-state index contributed by atoms with van der Waals surface area (Å²) < 4.78 is 1.84. The number of quaternary nitrogens is 1. The van der Waals surface area contributed by atoms with Crippen molar-refractivity contribution in [3.05, 3.63) is 24.5 Å². The summed E-state index contributed by atoms with van der Waals surface area (Å²) in [5.74, 6) is 0.963. The Labute approximate surface area is 110 Å². The number of fused-ring (bicyclic) bond motifs is 3. The molecule has 0 unspecified atom stereocenters. The molecule has 1 atom stereocenters. The Morgan fingerprint density at radius 2 is 2.42 bits per heavy atom. The van der Waals surface area contributed by atoms with E-state index in [9.17, 15) is 0 Å². The third-order valence-electron chi connectivity index (χ3n) is 3.79. The highest BCUT2D eigenvalue weighted by molar-refractivity contribution is 5.89. The third kappa shape index (κ3) is 1.76. The fourth-order valence-electron chi connectivity index (χ4n) is 2.83. The van der Waals surface area contributed by atoms with E-state index in [2.05, 4.69) is 31.8 Å². The predicted molar refractivity (Wildman–Crippen MR) is 73.1 cm³/mol. The van der Waals surface area contributed by atoms with Crippen LogP contribution in [-0.4, -0.2) is 38.7 Å². The molecule has 1 aliphatic rings. The van der Waals surface area contributed by atoms with Crippen molar-refractivity contribution in [3.63, 3.8) is 0 Å². The van der Waals surface area contributed by atoms with E-state index < -0.39 is 0 Å². The highest BCUT2D eigenvalue weighted by Gasteiger charge is 2.18. The van der Waals surface area contributed by atoms with E-state index in [1.54, 1.807) is 6.20 Å². The Bertz CT molecular complexity index is 706. The van der Waals surface area contributed by atoms with Crippen molar-refractivity contribution in [2.45, 2.75) is 18.9 Å². The number of nitrogens with two attached hydrogens (primary N) is 1. The zero-order valence-corrected chi connectivity index (χ0v) is 10.6. The van der Waals surface area contributed by atoms with Crippen LogP contribution in [-0.2, 0) is 0 Å². The molecule has 0 aromatic carbocycles. The van der Waals surface area contributed by atoms with E-state index in [0.717, 1.165) is 29.0 Å². The smallest absolute Gasteiger partial charge is 0.159 e. The largest absolute Gasteiger partial charge is 0.361 e. The fraction of sp³-hybridized carbons (Fsp3) is 0.385. The Morgan fingerprint density at radius 3 is 3.32 bits per heavy atom. The maximum atomic E-state index is 4.69. The zero-order chi connectivity index (χ0) is 12.7. The van der Waals surface area contributed by atoms with Crippen LogP contribution in [0.1, 0.15) is 12.8 Å². The van der Waals surface area contributed by atoms with Crippen molar-refractivity contribution in [3.8, 4) is 0 Å². The second-order valence-corrected chi connectivity index (χ2v) is 5.10. The molecule has 0 spiro atoms. The fourth-order valence-corrected chi connectivity index (χ4v) is 2.83. The molecule has 0 radical (unpaired) electrons. The highest BCUT2D eigenvalue weighted by atomic mass is 15.3. The summed E-state index contributed by atoms with van der Waals surface area (Å²) in [6.45, 7) is 2.37. The first-order chi connectivity index (χ1) is 9.42. The first-order valence-corrected chi connectivity index (χ1v) is 6.81. The van der Waals surface area contributed by atoms with E-state index in [-0.39, 0.29) is 0 Å². The van der Waals surface area contributed by atoms with Gasteiger partial charge in [-0.15, -0.1) is 0 Å². The standard InChI is InChI=1S/C13H16N6/c1-2-9(8-14-5-1)17-12-10-3-6-15-13(10)19-11(18-12)4-7-16-19/h3-4,6-7,9,14-15H,1-2,5,8H2,(H,17,18)/p+1/t9-/m0/s1. The average molecular weight is 257 g/mol. The molecule has 19 heavy (non-hydrogen) atoms. The molecule has 6 nitrogen and oxygen atoms in total. The van der Waals surface area contributed by atoms with Gasteiger partial charge in [-0.3, -0.25) is 0 Å². The van der Waals surface area contributed by atoms with Crippen LogP contribution in [0.5, 0.6) is 0 Å². The molecule has 0 saturated carbocycles. The van der Waals surface area contributed by atoms with Gasteiger partial charge in [-0.2, -0.15) is 9.61 Å². The summed E-state index contributed by atoms with van der Waals surface area (Å²) in [7, 11) is 0. The number of anilines is 1. The van der Waals surface area contributed by atoms with E-state index in [0.29, 0.717) is 6.04 Å². The quantitative estimate of drug-likeness (QED) is 0.620. The number of hydrogen-bond acceptors (Lipinski definition) is 3. The zero-order valence-electron chi connectivity index (χ0n) is 10.6. The van der Waals surface area contributed by atoms with Crippen molar-refractivity contribution < 1.29 is 5.32 Å². The molecule has 98 valence electrons. The van der Waals surface area contributed by atoms with Crippen LogP contribution >= 0.6 is 0 Å². The van der Waals surface area contributed by atoms with Gasteiger partial charge in [-0.25, -0.2) is 4.98 Å². The maximum absolute atomic E-state index is 4.69. The van der Waals surface area contributed by atoms with Crippen LogP contribution in [0.4, 0.5) is 5.82 Å². The number of nitrogens with zero attached hydrogens (tertiary/aromatic N) is 3. The molecule has 3 aromatic rings. The van der Waals surface area contributed by atoms with Crippen LogP contribution in [0.3, 0.4) is 0 Å². The molecular formula is C13H17N6+. The average Bonchev–Trinajstić information content (AvgIpc) is 3.07. The molecule has 1 aliphatic heterocycles. The topological polar surface area (TPSA) is 74.6 Å². The molecular weight excluding hydrogens is 240 g/mol. The SMILES string of the molecule is c1cc2nc(N[C@H]3CCC[NH2+]C3)c3cc[nH]c3n2n1. The van der Waals surface area contributed by atoms with Gasteiger partial charge >= 0.3 is 0 Å². The van der Waals surface area contributed by atoms with E-state index in [1.807, 2.05) is 16.8 Å². The summed E-state index contributed by atoms with van der Waals surface area (Å²) >= 11 is 0. The third-order valence-corrected chi connectivity index (χ3v) is 3.79. The van der Waals surface area contributed by atoms with Crippen LogP contribution in [0.25, 0.3) is 16.7 Å². The lowest BCUT2D eigenvalue weighted by atomic mass is 10.1. The Hall–Kier alpha value is -2.08. The van der Waals surface area contributed by atoms with Gasteiger partial charge in [0.1, 0.15) is 11.5 Å².